The molecule has 2 N–H and O–H groups in total. The summed E-state index contributed by atoms with van der Waals surface area (Å²) >= 11 is 0. The van der Waals surface area contributed by atoms with Gasteiger partial charge in [-0.25, -0.2) is 0 Å². The molecule has 0 saturated heterocycles. The minimum Gasteiger partial charge on any atom is -0.496 e. The molecule has 1 unspecified atom stereocenters. The number of para-hydroxylation sites is 1. The van der Waals surface area contributed by atoms with Crippen LogP contribution in [0.2, 0.25) is 0 Å². The molecular formula is C21H26N2O4. The maximum Gasteiger partial charge on any atom is 0.251 e. The van der Waals surface area contributed by atoms with E-state index in [0.717, 1.165) is 11.3 Å². The van der Waals surface area contributed by atoms with Crippen molar-refractivity contribution in [2.45, 2.75) is 26.3 Å². The van der Waals surface area contributed by atoms with E-state index in [1.54, 1.807) is 31.4 Å². The fourth-order valence-electron chi connectivity index (χ4n) is 2.73. The van der Waals surface area contributed by atoms with Crippen LogP contribution in [0.5, 0.6) is 11.5 Å². The summed E-state index contributed by atoms with van der Waals surface area (Å²) in [6.45, 7) is 4.35. The van der Waals surface area contributed by atoms with Crippen molar-refractivity contribution in [1.29, 1.82) is 0 Å². The number of hydrogen-bond donors (Lipinski definition) is 2. The van der Waals surface area contributed by atoms with Gasteiger partial charge < -0.3 is 20.1 Å². The fourth-order valence-corrected chi connectivity index (χ4v) is 2.73. The van der Waals surface area contributed by atoms with E-state index in [1.807, 2.05) is 38.1 Å². The van der Waals surface area contributed by atoms with Crippen LogP contribution in [0.3, 0.4) is 0 Å². The van der Waals surface area contributed by atoms with E-state index in [9.17, 15) is 9.59 Å². The zero-order valence-electron chi connectivity index (χ0n) is 16.0. The molecule has 0 fully saturated rings. The van der Waals surface area contributed by atoms with Crippen molar-refractivity contribution in [3.63, 3.8) is 0 Å². The van der Waals surface area contributed by atoms with Crippen LogP contribution >= 0.6 is 0 Å². The highest BCUT2D eigenvalue weighted by Gasteiger charge is 2.17. The Kier molecular flexibility index (Phi) is 7.67. The molecule has 27 heavy (non-hydrogen) atoms. The molecule has 0 spiro atoms. The number of hydrogen-bond acceptors (Lipinski definition) is 4. The Balaban J connectivity index is 1.91. The molecule has 0 aliphatic rings. The van der Waals surface area contributed by atoms with E-state index in [-0.39, 0.29) is 24.4 Å². The largest absolute Gasteiger partial charge is 0.496 e. The third-order valence-corrected chi connectivity index (χ3v) is 4.09. The van der Waals surface area contributed by atoms with E-state index in [4.69, 9.17) is 9.47 Å². The van der Waals surface area contributed by atoms with Crippen LogP contribution in [0.4, 0.5) is 0 Å². The molecule has 0 bridgehead atoms. The molecular weight excluding hydrogens is 344 g/mol. The maximum atomic E-state index is 12.3. The van der Waals surface area contributed by atoms with E-state index < -0.39 is 0 Å². The van der Waals surface area contributed by atoms with Crippen LogP contribution in [0, 0.1) is 0 Å². The van der Waals surface area contributed by atoms with Crippen molar-refractivity contribution in [2.75, 3.05) is 20.3 Å². The SMILES string of the molecule is CCOc1ccc(C(=O)NCC(=O)NC(CC)c2ccccc2OC)cc1. The standard InChI is InChI=1S/C21H26N2O4/c1-4-18(17-8-6-7-9-19(17)26-3)23-20(24)14-22-21(25)15-10-12-16(13-11-15)27-5-2/h6-13,18H,4-5,14H2,1-3H3,(H,22,25)(H,23,24). The quantitative estimate of drug-likeness (QED) is 0.711. The van der Waals surface area contributed by atoms with Gasteiger partial charge in [0.05, 0.1) is 26.3 Å². The Morgan fingerprint density at radius 2 is 1.74 bits per heavy atom. The van der Waals surface area contributed by atoms with Gasteiger partial charge in [-0.05, 0) is 43.7 Å². The van der Waals surface area contributed by atoms with Gasteiger partial charge >= 0.3 is 0 Å². The Labute approximate surface area is 159 Å². The van der Waals surface area contributed by atoms with Gasteiger partial charge in [0.1, 0.15) is 11.5 Å². The van der Waals surface area contributed by atoms with E-state index in [1.165, 1.54) is 0 Å². The summed E-state index contributed by atoms with van der Waals surface area (Å²) in [5.74, 6) is 0.864. The lowest BCUT2D eigenvalue weighted by Gasteiger charge is -2.20. The topological polar surface area (TPSA) is 76.7 Å². The molecule has 0 saturated carbocycles. The Morgan fingerprint density at radius 1 is 1.04 bits per heavy atom. The monoisotopic (exact) mass is 370 g/mol. The van der Waals surface area contributed by atoms with Gasteiger partial charge in [-0.15, -0.1) is 0 Å². The van der Waals surface area contributed by atoms with E-state index >= 15 is 0 Å². The highest BCUT2D eigenvalue weighted by Crippen LogP contribution is 2.26. The summed E-state index contributed by atoms with van der Waals surface area (Å²) in [7, 11) is 1.60. The second kappa shape index (κ2) is 10.2. The second-order valence-electron chi connectivity index (χ2n) is 5.91. The molecule has 2 aromatic carbocycles. The van der Waals surface area contributed by atoms with Gasteiger partial charge in [0.15, 0.2) is 0 Å². The van der Waals surface area contributed by atoms with Crippen LogP contribution < -0.4 is 20.1 Å². The van der Waals surface area contributed by atoms with Crippen LogP contribution in [0.25, 0.3) is 0 Å². The van der Waals surface area contributed by atoms with E-state index in [2.05, 4.69) is 10.6 Å². The molecule has 0 heterocycles. The predicted molar refractivity (Wildman–Crippen MR) is 104 cm³/mol. The Bertz CT molecular complexity index is 759. The molecule has 0 aromatic heterocycles. The molecule has 0 aliphatic carbocycles. The average molecular weight is 370 g/mol. The van der Waals surface area contributed by atoms with Gasteiger partial charge in [-0.1, -0.05) is 25.1 Å². The van der Waals surface area contributed by atoms with Gasteiger partial charge in [-0.3, -0.25) is 9.59 Å². The van der Waals surface area contributed by atoms with Gasteiger partial charge in [0.25, 0.3) is 5.91 Å². The summed E-state index contributed by atoms with van der Waals surface area (Å²) in [5.41, 5.74) is 1.39. The molecule has 2 amide bonds. The second-order valence-corrected chi connectivity index (χ2v) is 5.91. The van der Waals surface area contributed by atoms with Gasteiger partial charge in [-0.2, -0.15) is 0 Å². The lowest BCUT2D eigenvalue weighted by Crippen LogP contribution is -2.38. The zero-order valence-corrected chi connectivity index (χ0v) is 16.0. The minimum atomic E-state index is -0.307. The summed E-state index contributed by atoms with van der Waals surface area (Å²) in [5, 5.41) is 5.57. The van der Waals surface area contributed by atoms with Crippen molar-refractivity contribution < 1.29 is 19.1 Å². The normalized spacial score (nSPS) is 11.4. The molecule has 2 aromatic rings. The molecule has 6 heteroatoms. The molecule has 1 atom stereocenters. The van der Waals surface area contributed by atoms with Crippen LogP contribution in [0.1, 0.15) is 42.2 Å². The average Bonchev–Trinajstić information content (AvgIpc) is 2.71. The fraction of sp³-hybridized carbons (Fsp3) is 0.333. The first-order valence-corrected chi connectivity index (χ1v) is 9.02. The van der Waals surface area contributed by atoms with Gasteiger partial charge in [0, 0.05) is 11.1 Å². The molecule has 6 nitrogen and oxygen atoms in total. The predicted octanol–water partition coefficient (Wildman–Crippen LogP) is 3.09. The number of carbonyl (C=O) groups is 2. The van der Waals surface area contributed by atoms with Crippen LogP contribution in [-0.4, -0.2) is 32.1 Å². The zero-order chi connectivity index (χ0) is 19.6. The number of benzene rings is 2. The molecule has 0 aliphatic heterocycles. The highest BCUT2D eigenvalue weighted by atomic mass is 16.5. The summed E-state index contributed by atoms with van der Waals surface area (Å²) in [4.78, 5) is 24.5. The number of ether oxygens (including phenoxy) is 2. The first kappa shape index (κ1) is 20.3. The summed E-state index contributed by atoms with van der Waals surface area (Å²) in [6.07, 6.45) is 0.707. The Hall–Kier alpha value is -3.02. The molecule has 2 rings (SSSR count). The van der Waals surface area contributed by atoms with Gasteiger partial charge in [0.2, 0.25) is 5.91 Å². The summed E-state index contributed by atoms with van der Waals surface area (Å²) in [6, 6.07) is 14.2. The Morgan fingerprint density at radius 3 is 2.37 bits per heavy atom. The minimum absolute atomic E-state index is 0.0995. The smallest absolute Gasteiger partial charge is 0.251 e. The maximum absolute atomic E-state index is 12.3. The number of carbonyl (C=O) groups excluding carboxylic acids is 2. The summed E-state index contributed by atoms with van der Waals surface area (Å²) < 4.78 is 10.7. The first-order valence-electron chi connectivity index (χ1n) is 9.02. The molecule has 144 valence electrons. The first-order chi connectivity index (χ1) is 13.1. The third-order valence-electron chi connectivity index (χ3n) is 4.09. The van der Waals surface area contributed by atoms with Crippen molar-refractivity contribution >= 4 is 11.8 Å². The third kappa shape index (κ3) is 5.74. The van der Waals surface area contributed by atoms with Crippen molar-refractivity contribution in [3.05, 3.63) is 59.7 Å². The van der Waals surface area contributed by atoms with Crippen molar-refractivity contribution in [3.8, 4) is 11.5 Å². The number of amides is 2. The van der Waals surface area contributed by atoms with E-state index in [0.29, 0.717) is 24.3 Å². The van der Waals surface area contributed by atoms with Crippen LogP contribution in [-0.2, 0) is 4.79 Å². The molecule has 0 radical (unpaired) electrons. The lowest BCUT2D eigenvalue weighted by atomic mass is 10.0. The van der Waals surface area contributed by atoms with Crippen molar-refractivity contribution in [1.82, 2.24) is 10.6 Å². The number of rotatable bonds is 9. The lowest BCUT2D eigenvalue weighted by molar-refractivity contribution is -0.120. The highest BCUT2D eigenvalue weighted by molar-refractivity contribution is 5.96. The van der Waals surface area contributed by atoms with Crippen molar-refractivity contribution in [2.24, 2.45) is 0 Å². The number of methoxy groups -OCH3 is 1. The number of nitrogens with one attached hydrogen (secondary N) is 2. The van der Waals surface area contributed by atoms with Crippen LogP contribution in [0.15, 0.2) is 48.5 Å².